The van der Waals surface area contributed by atoms with E-state index in [0.29, 0.717) is 17.5 Å². The molecule has 0 saturated carbocycles. The van der Waals surface area contributed by atoms with Crippen molar-refractivity contribution in [2.45, 2.75) is 55.8 Å². The number of aromatic nitrogens is 2. The van der Waals surface area contributed by atoms with Crippen molar-refractivity contribution in [1.82, 2.24) is 9.97 Å². The van der Waals surface area contributed by atoms with Crippen LogP contribution in [-0.2, 0) is 22.7 Å². The molecule has 3 aromatic rings. The molecule has 3 N–H and O–H groups in total. The summed E-state index contributed by atoms with van der Waals surface area (Å²) in [6.45, 7) is 3.29. The lowest BCUT2D eigenvalue weighted by atomic mass is 10.0. The first-order chi connectivity index (χ1) is 15.7. The first kappa shape index (κ1) is 23.5. The molecule has 1 aromatic heterocycles. The standard InChI is InChI=1S/C24H27ClN4O3S/c1-15(2)33(31,32)22-6-4-3-5-21(22)28-23-20(25)14-26-24(29-23)27-18-10-7-16-8-11-19(30)12-9-17(16)13-18/h3-7,10,13-15,19,30H,8-9,11-12H2,1-2H3,(H2,26,27,28,29). The van der Waals surface area contributed by atoms with Crippen molar-refractivity contribution in [2.75, 3.05) is 10.6 Å². The number of nitrogens with zero attached hydrogens (tertiary/aromatic N) is 2. The van der Waals surface area contributed by atoms with E-state index in [-0.39, 0.29) is 16.0 Å². The van der Waals surface area contributed by atoms with Crippen molar-refractivity contribution < 1.29 is 13.5 Å². The van der Waals surface area contributed by atoms with E-state index >= 15 is 0 Å². The number of anilines is 4. The van der Waals surface area contributed by atoms with Crippen LogP contribution in [-0.4, -0.2) is 34.8 Å². The number of aliphatic hydroxyl groups excluding tert-OH is 1. The van der Waals surface area contributed by atoms with Crippen LogP contribution in [0.25, 0.3) is 0 Å². The molecule has 7 nitrogen and oxygen atoms in total. The summed E-state index contributed by atoms with van der Waals surface area (Å²) in [7, 11) is -3.50. The molecule has 0 aliphatic heterocycles. The van der Waals surface area contributed by atoms with Crippen molar-refractivity contribution in [1.29, 1.82) is 0 Å². The normalized spacial score (nSPS) is 16.2. The minimum Gasteiger partial charge on any atom is -0.393 e. The summed E-state index contributed by atoms with van der Waals surface area (Å²) in [5.74, 6) is 0.637. The fraction of sp³-hybridized carbons (Fsp3) is 0.333. The fourth-order valence-electron chi connectivity index (χ4n) is 3.81. The van der Waals surface area contributed by atoms with E-state index in [9.17, 15) is 13.5 Å². The number of sulfone groups is 1. The summed E-state index contributed by atoms with van der Waals surface area (Å²) in [5, 5.41) is 15.9. The summed E-state index contributed by atoms with van der Waals surface area (Å²) in [6, 6.07) is 12.8. The summed E-state index contributed by atoms with van der Waals surface area (Å²) < 4.78 is 25.5. The van der Waals surface area contributed by atoms with Gasteiger partial charge in [-0.25, -0.2) is 13.4 Å². The number of para-hydroxylation sites is 1. The van der Waals surface area contributed by atoms with Gasteiger partial charge in [0.1, 0.15) is 5.02 Å². The van der Waals surface area contributed by atoms with Gasteiger partial charge in [0, 0.05) is 5.69 Å². The Morgan fingerprint density at radius 2 is 1.79 bits per heavy atom. The van der Waals surface area contributed by atoms with Crippen molar-refractivity contribution in [3.63, 3.8) is 0 Å². The Morgan fingerprint density at radius 1 is 1.06 bits per heavy atom. The molecule has 2 aromatic carbocycles. The molecule has 0 saturated heterocycles. The molecule has 0 amide bonds. The van der Waals surface area contributed by atoms with Gasteiger partial charge < -0.3 is 15.7 Å². The molecular weight excluding hydrogens is 460 g/mol. The Bertz CT molecular complexity index is 1260. The number of hydrogen-bond acceptors (Lipinski definition) is 7. The number of hydrogen-bond donors (Lipinski definition) is 3. The van der Waals surface area contributed by atoms with Crippen molar-refractivity contribution in [3.8, 4) is 0 Å². The third-order valence-corrected chi connectivity index (χ3v) is 8.25. The molecule has 1 heterocycles. The molecule has 1 aliphatic carbocycles. The molecule has 9 heteroatoms. The van der Waals surface area contributed by atoms with Gasteiger partial charge in [-0.1, -0.05) is 29.8 Å². The van der Waals surface area contributed by atoms with E-state index in [0.717, 1.165) is 31.4 Å². The first-order valence-electron chi connectivity index (χ1n) is 10.9. The average Bonchev–Trinajstić information content (AvgIpc) is 2.97. The van der Waals surface area contributed by atoms with Gasteiger partial charge in [0.05, 0.1) is 28.1 Å². The van der Waals surface area contributed by atoms with Gasteiger partial charge >= 0.3 is 0 Å². The molecule has 33 heavy (non-hydrogen) atoms. The zero-order chi connectivity index (χ0) is 23.6. The number of fused-ring (bicyclic) bond motifs is 1. The van der Waals surface area contributed by atoms with E-state index < -0.39 is 15.1 Å². The van der Waals surface area contributed by atoms with Crippen LogP contribution in [0.15, 0.2) is 53.6 Å². The van der Waals surface area contributed by atoms with Crippen LogP contribution in [0.4, 0.5) is 23.1 Å². The molecular formula is C24H27ClN4O3S. The third-order valence-electron chi connectivity index (χ3n) is 5.77. The number of benzene rings is 2. The smallest absolute Gasteiger partial charge is 0.229 e. The minimum atomic E-state index is -3.50. The van der Waals surface area contributed by atoms with Gasteiger partial charge in [0.15, 0.2) is 15.7 Å². The van der Waals surface area contributed by atoms with Crippen LogP contribution >= 0.6 is 11.6 Å². The van der Waals surface area contributed by atoms with Crippen LogP contribution in [0.2, 0.25) is 5.02 Å². The maximum absolute atomic E-state index is 12.8. The molecule has 0 fully saturated rings. The second-order valence-electron chi connectivity index (χ2n) is 8.44. The number of rotatable bonds is 6. The highest BCUT2D eigenvalue weighted by atomic mass is 35.5. The van der Waals surface area contributed by atoms with Gasteiger partial charge in [-0.2, -0.15) is 4.98 Å². The van der Waals surface area contributed by atoms with Crippen molar-refractivity contribution in [3.05, 3.63) is 64.8 Å². The summed E-state index contributed by atoms with van der Waals surface area (Å²) in [6.07, 6.45) is 4.43. The highest BCUT2D eigenvalue weighted by Crippen LogP contribution is 2.31. The largest absolute Gasteiger partial charge is 0.393 e. The molecule has 0 bridgehead atoms. The second-order valence-corrected chi connectivity index (χ2v) is 11.3. The number of halogens is 1. The predicted octanol–water partition coefficient (Wildman–Crippen LogP) is 5.04. The van der Waals surface area contributed by atoms with E-state index in [1.165, 1.54) is 17.3 Å². The van der Waals surface area contributed by atoms with Crippen LogP contribution in [0, 0.1) is 0 Å². The summed E-state index contributed by atoms with van der Waals surface area (Å²) >= 11 is 6.32. The van der Waals surface area contributed by atoms with Crippen LogP contribution in [0.5, 0.6) is 0 Å². The molecule has 0 spiro atoms. The van der Waals surface area contributed by atoms with Crippen molar-refractivity contribution in [2.24, 2.45) is 0 Å². The van der Waals surface area contributed by atoms with E-state index in [2.05, 4.69) is 32.7 Å². The van der Waals surface area contributed by atoms with Gasteiger partial charge in [0.25, 0.3) is 0 Å². The maximum Gasteiger partial charge on any atom is 0.229 e. The molecule has 1 aliphatic rings. The Balaban J connectivity index is 1.59. The molecule has 4 rings (SSSR count). The Hall–Kier alpha value is -2.68. The second kappa shape index (κ2) is 9.67. The Labute approximate surface area is 199 Å². The maximum atomic E-state index is 12.8. The summed E-state index contributed by atoms with van der Waals surface area (Å²) in [4.78, 5) is 8.93. The van der Waals surface area contributed by atoms with Crippen LogP contribution in [0.1, 0.15) is 37.8 Å². The predicted molar refractivity (Wildman–Crippen MR) is 131 cm³/mol. The van der Waals surface area contributed by atoms with E-state index in [1.54, 1.807) is 38.1 Å². The minimum absolute atomic E-state index is 0.192. The SMILES string of the molecule is CC(C)S(=O)(=O)c1ccccc1Nc1nc(Nc2ccc3c(c2)CCC(O)CC3)ncc1Cl. The number of nitrogens with one attached hydrogen (secondary N) is 2. The van der Waals surface area contributed by atoms with Crippen LogP contribution in [0.3, 0.4) is 0 Å². The monoisotopic (exact) mass is 486 g/mol. The Kier molecular flexibility index (Phi) is 6.88. The van der Waals surface area contributed by atoms with Gasteiger partial charge in [0.2, 0.25) is 5.95 Å². The number of aliphatic hydroxyl groups is 1. The van der Waals surface area contributed by atoms with Crippen molar-refractivity contribution >= 4 is 44.6 Å². The first-order valence-corrected chi connectivity index (χ1v) is 12.9. The topological polar surface area (TPSA) is 104 Å². The molecule has 1 unspecified atom stereocenters. The van der Waals surface area contributed by atoms with E-state index in [4.69, 9.17) is 11.6 Å². The molecule has 174 valence electrons. The highest BCUT2D eigenvalue weighted by molar-refractivity contribution is 7.92. The van der Waals surface area contributed by atoms with Gasteiger partial charge in [-0.05, 0) is 74.9 Å². The quantitative estimate of drug-likeness (QED) is 0.419. The molecule has 1 atom stereocenters. The lowest BCUT2D eigenvalue weighted by Gasteiger charge is -2.15. The Morgan fingerprint density at radius 3 is 2.55 bits per heavy atom. The zero-order valence-electron chi connectivity index (χ0n) is 18.5. The van der Waals surface area contributed by atoms with Crippen LogP contribution < -0.4 is 10.6 Å². The lowest BCUT2D eigenvalue weighted by molar-refractivity contribution is 0.158. The highest BCUT2D eigenvalue weighted by Gasteiger charge is 2.23. The third kappa shape index (κ3) is 5.29. The molecule has 0 radical (unpaired) electrons. The van der Waals surface area contributed by atoms with E-state index in [1.807, 2.05) is 6.07 Å². The summed E-state index contributed by atoms with van der Waals surface area (Å²) in [5.41, 5.74) is 3.69. The van der Waals surface area contributed by atoms with Gasteiger partial charge in [-0.15, -0.1) is 0 Å². The zero-order valence-corrected chi connectivity index (χ0v) is 20.1. The fourth-order valence-corrected chi connectivity index (χ4v) is 5.15. The lowest BCUT2D eigenvalue weighted by Crippen LogP contribution is -2.15. The number of aryl methyl sites for hydroxylation is 2. The van der Waals surface area contributed by atoms with Gasteiger partial charge in [-0.3, -0.25) is 0 Å². The average molecular weight is 487 g/mol.